The van der Waals surface area contributed by atoms with Gasteiger partial charge < -0.3 is 21.0 Å². The molecule has 0 aromatic rings. The van der Waals surface area contributed by atoms with Gasteiger partial charge in [0.25, 0.3) is 0 Å². The van der Waals surface area contributed by atoms with Crippen LogP contribution in [0.25, 0.3) is 0 Å². The molecule has 0 bridgehead atoms. The Hall–Kier alpha value is -0.160. The zero-order chi connectivity index (χ0) is 14.2. The van der Waals surface area contributed by atoms with E-state index in [2.05, 4.69) is 12.2 Å². The van der Waals surface area contributed by atoms with E-state index in [-0.39, 0.29) is 12.0 Å². The molecule has 124 valence electrons. The fourth-order valence-corrected chi connectivity index (χ4v) is 2.32. The highest BCUT2D eigenvalue weighted by molar-refractivity contribution is 4.51. The average Bonchev–Trinajstić information content (AvgIpc) is 2.39. The van der Waals surface area contributed by atoms with Crippen molar-refractivity contribution in [2.45, 2.75) is 90.3 Å². The topological polar surface area (TPSA) is 84.0 Å². The van der Waals surface area contributed by atoms with Gasteiger partial charge in [0, 0.05) is 6.54 Å². The Balaban J connectivity index is 0. The molecule has 0 saturated heterocycles. The third-order valence-electron chi connectivity index (χ3n) is 3.53. The molecule has 0 rings (SSSR count). The minimum absolute atomic E-state index is 0. The minimum atomic E-state index is -1.21. The van der Waals surface area contributed by atoms with Crippen molar-refractivity contribution in [1.29, 1.82) is 0 Å². The maximum atomic E-state index is 8.64. The molecule has 0 radical (unpaired) electrons. The number of aliphatic hydroxyl groups is 2. The summed E-state index contributed by atoms with van der Waals surface area (Å²) in [4.78, 5) is 0. The predicted octanol–water partition coefficient (Wildman–Crippen LogP) is 2.76. The summed E-state index contributed by atoms with van der Waals surface area (Å²) in [5.41, 5.74) is 0. The summed E-state index contributed by atoms with van der Waals surface area (Å²) >= 11 is 0. The Bertz CT molecular complexity index is 166. The zero-order valence-electron chi connectivity index (χ0n) is 13.4. The lowest BCUT2D eigenvalue weighted by atomic mass is 10.1. The smallest absolute Gasteiger partial charge is 0.164 e. The molecular weight excluding hydrogens is 254 g/mol. The second kappa shape index (κ2) is 18.8. The maximum Gasteiger partial charge on any atom is 0.164 e. The number of hydrogen-bond acceptors (Lipinski definition) is 3. The first-order valence-corrected chi connectivity index (χ1v) is 8.34. The molecule has 0 fully saturated rings. The highest BCUT2D eigenvalue weighted by Gasteiger charge is 1.96. The molecule has 0 amide bonds. The Morgan fingerprint density at radius 3 is 1.50 bits per heavy atom. The van der Waals surface area contributed by atoms with Gasteiger partial charge in [0.05, 0.1) is 0 Å². The van der Waals surface area contributed by atoms with Crippen molar-refractivity contribution in [2.75, 3.05) is 13.1 Å². The first-order chi connectivity index (χ1) is 9.27. The number of aliphatic hydroxyl groups excluding tert-OH is 1. The molecule has 5 N–H and O–H groups in total. The number of hydrogen-bond donors (Lipinski definition) is 3. The van der Waals surface area contributed by atoms with Crippen LogP contribution >= 0.6 is 0 Å². The van der Waals surface area contributed by atoms with Crippen molar-refractivity contribution in [1.82, 2.24) is 5.32 Å². The van der Waals surface area contributed by atoms with Gasteiger partial charge in [-0.1, -0.05) is 77.6 Å². The van der Waals surface area contributed by atoms with Gasteiger partial charge in [-0.15, -0.1) is 0 Å². The summed E-state index contributed by atoms with van der Waals surface area (Å²) in [5.74, 6) is 0. The van der Waals surface area contributed by atoms with Crippen LogP contribution in [0.2, 0.25) is 0 Å². The molecule has 0 heterocycles. The van der Waals surface area contributed by atoms with Crippen molar-refractivity contribution in [3.8, 4) is 0 Å². The van der Waals surface area contributed by atoms with E-state index in [0.29, 0.717) is 0 Å². The van der Waals surface area contributed by atoms with E-state index in [4.69, 9.17) is 10.2 Å². The van der Waals surface area contributed by atoms with E-state index in [1.165, 1.54) is 70.6 Å². The normalized spacial score (nSPS) is 10.8. The average molecular weight is 291 g/mol. The molecule has 0 aliphatic rings. The Labute approximate surface area is 125 Å². The molecular formula is C16H37NO3. The number of nitrogens with one attached hydrogen (secondary N) is 1. The molecule has 0 spiro atoms. The second-order valence-electron chi connectivity index (χ2n) is 5.57. The molecule has 4 nitrogen and oxygen atoms in total. The van der Waals surface area contributed by atoms with Gasteiger partial charge >= 0.3 is 0 Å². The number of rotatable bonds is 15. The van der Waals surface area contributed by atoms with Gasteiger partial charge in [0.2, 0.25) is 0 Å². The maximum absolute atomic E-state index is 8.64. The molecule has 20 heavy (non-hydrogen) atoms. The van der Waals surface area contributed by atoms with E-state index < -0.39 is 6.29 Å². The Morgan fingerprint density at radius 1 is 0.700 bits per heavy atom. The van der Waals surface area contributed by atoms with E-state index >= 15 is 0 Å². The lowest BCUT2D eigenvalue weighted by molar-refractivity contribution is -0.0370. The van der Waals surface area contributed by atoms with Crippen LogP contribution in [0.5, 0.6) is 0 Å². The van der Waals surface area contributed by atoms with Crippen LogP contribution in [0.3, 0.4) is 0 Å². The van der Waals surface area contributed by atoms with E-state index in [0.717, 1.165) is 13.0 Å². The second-order valence-corrected chi connectivity index (χ2v) is 5.57. The summed E-state index contributed by atoms with van der Waals surface area (Å²) in [6, 6.07) is 0. The molecule has 0 atom stereocenters. The van der Waals surface area contributed by atoms with Crippen molar-refractivity contribution >= 4 is 0 Å². The molecule has 0 saturated carbocycles. The molecule has 0 aliphatic heterocycles. The quantitative estimate of drug-likeness (QED) is 0.320. The van der Waals surface area contributed by atoms with E-state index in [1.807, 2.05) is 0 Å². The summed E-state index contributed by atoms with van der Waals surface area (Å²) in [6.07, 6.45) is 15.1. The predicted molar refractivity (Wildman–Crippen MR) is 85.8 cm³/mol. The lowest BCUT2D eigenvalue weighted by Gasteiger charge is -2.06. The standard InChI is InChI=1S/C16H35NO2.H2O/c1-2-3-4-5-6-7-8-9-10-11-12-13-14-17-15-16(18)19;/h16-19H,2-15H2,1H3;1H2. The van der Waals surface area contributed by atoms with Crippen LogP contribution in [-0.2, 0) is 0 Å². The first kappa shape index (κ1) is 22.1. The van der Waals surface area contributed by atoms with Crippen molar-refractivity contribution < 1.29 is 15.7 Å². The van der Waals surface area contributed by atoms with E-state index in [1.54, 1.807) is 0 Å². The van der Waals surface area contributed by atoms with Crippen LogP contribution in [0.1, 0.15) is 84.0 Å². The summed E-state index contributed by atoms with van der Waals surface area (Å²) in [5, 5.41) is 20.3. The SMILES string of the molecule is CCCCCCCCCCCCCCNCC(O)O.O. The van der Waals surface area contributed by atoms with Crippen LogP contribution in [0.4, 0.5) is 0 Å². The zero-order valence-corrected chi connectivity index (χ0v) is 13.4. The van der Waals surface area contributed by atoms with Crippen molar-refractivity contribution in [2.24, 2.45) is 0 Å². The monoisotopic (exact) mass is 291 g/mol. The van der Waals surface area contributed by atoms with Gasteiger partial charge in [0.15, 0.2) is 6.29 Å². The summed E-state index contributed by atoms with van der Waals surface area (Å²) < 4.78 is 0. The molecule has 0 aromatic carbocycles. The summed E-state index contributed by atoms with van der Waals surface area (Å²) in [7, 11) is 0. The highest BCUT2D eigenvalue weighted by atomic mass is 16.5. The fraction of sp³-hybridized carbons (Fsp3) is 1.00. The van der Waals surface area contributed by atoms with Gasteiger partial charge in [-0.05, 0) is 13.0 Å². The Morgan fingerprint density at radius 2 is 1.10 bits per heavy atom. The lowest BCUT2D eigenvalue weighted by Crippen LogP contribution is -2.26. The highest BCUT2D eigenvalue weighted by Crippen LogP contribution is 2.11. The van der Waals surface area contributed by atoms with Crippen LogP contribution in [0.15, 0.2) is 0 Å². The first-order valence-electron chi connectivity index (χ1n) is 8.34. The van der Waals surface area contributed by atoms with Gasteiger partial charge in [-0.25, -0.2) is 0 Å². The third-order valence-corrected chi connectivity index (χ3v) is 3.53. The fourth-order valence-electron chi connectivity index (χ4n) is 2.32. The molecule has 0 aromatic heterocycles. The van der Waals surface area contributed by atoms with E-state index in [9.17, 15) is 0 Å². The van der Waals surface area contributed by atoms with Crippen LogP contribution in [0, 0.1) is 0 Å². The molecule has 0 unspecified atom stereocenters. The van der Waals surface area contributed by atoms with Crippen molar-refractivity contribution in [3.63, 3.8) is 0 Å². The third kappa shape index (κ3) is 20.2. The van der Waals surface area contributed by atoms with Crippen molar-refractivity contribution in [3.05, 3.63) is 0 Å². The molecule has 0 aliphatic carbocycles. The summed E-state index contributed by atoms with van der Waals surface area (Å²) in [6.45, 7) is 3.45. The van der Waals surface area contributed by atoms with Gasteiger partial charge in [-0.3, -0.25) is 0 Å². The molecule has 4 heteroatoms. The van der Waals surface area contributed by atoms with Crippen LogP contribution < -0.4 is 5.32 Å². The van der Waals surface area contributed by atoms with Gasteiger partial charge in [0.1, 0.15) is 0 Å². The number of unbranched alkanes of at least 4 members (excludes halogenated alkanes) is 11. The minimum Gasteiger partial charge on any atom is -0.412 e. The largest absolute Gasteiger partial charge is 0.412 e. The van der Waals surface area contributed by atoms with Gasteiger partial charge in [-0.2, -0.15) is 0 Å². The Kier molecular flexibility index (Phi) is 20.8. The van der Waals surface area contributed by atoms with Crippen LogP contribution in [-0.4, -0.2) is 35.1 Å².